The van der Waals surface area contributed by atoms with E-state index in [2.05, 4.69) is 34.4 Å². The molecule has 1 saturated heterocycles. The van der Waals surface area contributed by atoms with Crippen LogP contribution < -0.4 is 5.32 Å². The third kappa shape index (κ3) is 3.27. The first-order chi connectivity index (χ1) is 7.78. The lowest BCUT2D eigenvalue weighted by Gasteiger charge is -2.14. The van der Waals surface area contributed by atoms with E-state index in [1.807, 2.05) is 0 Å². The van der Waals surface area contributed by atoms with Crippen LogP contribution in [0.15, 0.2) is 5.38 Å². The van der Waals surface area contributed by atoms with Crippen LogP contribution in [0, 0.1) is 6.92 Å². The topological polar surface area (TPSA) is 28.2 Å². The molecular formula is C12H21N3S. The van der Waals surface area contributed by atoms with Crippen molar-refractivity contribution in [2.24, 2.45) is 0 Å². The number of hydrogen-bond acceptors (Lipinski definition) is 4. The lowest BCUT2D eigenvalue weighted by Crippen LogP contribution is -2.32. The van der Waals surface area contributed by atoms with Crippen LogP contribution in [0.4, 0.5) is 0 Å². The maximum Gasteiger partial charge on any atom is 0.107 e. The molecule has 1 aliphatic heterocycles. The largest absolute Gasteiger partial charge is 0.313 e. The van der Waals surface area contributed by atoms with Gasteiger partial charge in [0.15, 0.2) is 0 Å². The van der Waals surface area contributed by atoms with E-state index in [9.17, 15) is 0 Å². The average molecular weight is 239 g/mol. The third-order valence-corrected chi connectivity index (χ3v) is 3.93. The van der Waals surface area contributed by atoms with Crippen LogP contribution in [-0.4, -0.2) is 35.6 Å². The summed E-state index contributed by atoms with van der Waals surface area (Å²) in [5.74, 6) is 0. The Bertz CT molecular complexity index is 324. The summed E-state index contributed by atoms with van der Waals surface area (Å²) in [5, 5.41) is 6.99. The van der Waals surface area contributed by atoms with Crippen molar-refractivity contribution >= 4 is 11.3 Å². The van der Waals surface area contributed by atoms with Gasteiger partial charge < -0.3 is 5.32 Å². The van der Waals surface area contributed by atoms with Crippen LogP contribution in [0.3, 0.4) is 0 Å². The van der Waals surface area contributed by atoms with Crippen LogP contribution in [0.2, 0.25) is 0 Å². The second-order valence-corrected chi connectivity index (χ2v) is 5.50. The second-order valence-electron chi connectivity index (χ2n) is 4.56. The van der Waals surface area contributed by atoms with Crippen molar-refractivity contribution in [3.8, 4) is 0 Å². The molecule has 3 nitrogen and oxygen atoms in total. The smallest absolute Gasteiger partial charge is 0.107 e. The monoisotopic (exact) mass is 239 g/mol. The summed E-state index contributed by atoms with van der Waals surface area (Å²) < 4.78 is 0. The number of likely N-dealkylation sites (tertiary alicyclic amines) is 1. The molecule has 16 heavy (non-hydrogen) atoms. The zero-order valence-electron chi connectivity index (χ0n) is 10.2. The van der Waals surface area contributed by atoms with Crippen LogP contribution >= 0.6 is 11.3 Å². The van der Waals surface area contributed by atoms with Crippen LogP contribution in [0.1, 0.15) is 30.5 Å². The molecule has 1 fully saturated rings. The van der Waals surface area contributed by atoms with Crippen molar-refractivity contribution in [1.29, 1.82) is 0 Å². The predicted molar refractivity (Wildman–Crippen MR) is 68.8 cm³/mol. The molecule has 90 valence electrons. The zero-order valence-corrected chi connectivity index (χ0v) is 11.0. The summed E-state index contributed by atoms with van der Waals surface area (Å²) >= 11 is 1.78. The molecule has 1 aromatic heterocycles. The van der Waals surface area contributed by atoms with E-state index in [4.69, 9.17) is 0 Å². The highest BCUT2D eigenvalue weighted by Gasteiger charge is 2.22. The quantitative estimate of drug-likeness (QED) is 0.852. The van der Waals surface area contributed by atoms with E-state index in [-0.39, 0.29) is 0 Å². The van der Waals surface area contributed by atoms with E-state index >= 15 is 0 Å². The Hall–Kier alpha value is -0.450. The summed E-state index contributed by atoms with van der Waals surface area (Å²) in [6, 6.07) is 0.695. The van der Waals surface area contributed by atoms with Crippen molar-refractivity contribution in [1.82, 2.24) is 15.2 Å². The molecule has 1 atom stereocenters. The number of nitrogens with one attached hydrogen (secondary N) is 1. The Kier molecular flexibility index (Phi) is 4.32. The van der Waals surface area contributed by atoms with E-state index < -0.39 is 0 Å². The van der Waals surface area contributed by atoms with Gasteiger partial charge in [-0.3, -0.25) is 4.90 Å². The standard InChI is InChI=1S/C12H21N3S/c1-3-5-13-11-4-6-15(7-11)8-12-14-10(2)9-16-12/h9,11,13H,3-8H2,1-2H3. The summed E-state index contributed by atoms with van der Waals surface area (Å²) in [6.07, 6.45) is 2.51. The van der Waals surface area contributed by atoms with E-state index in [1.165, 1.54) is 30.9 Å². The lowest BCUT2D eigenvalue weighted by molar-refractivity contribution is 0.319. The van der Waals surface area contributed by atoms with Gasteiger partial charge in [-0.15, -0.1) is 11.3 Å². The molecule has 0 aliphatic carbocycles. The highest BCUT2D eigenvalue weighted by atomic mass is 32.1. The van der Waals surface area contributed by atoms with E-state index in [1.54, 1.807) is 11.3 Å². The fraction of sp³-hybridized carbons (Fsp3) is 0.750. The van der Waals surface area contributed by atoms with Crippen LogP contribution in [0.25, 0.3) is 0 Å². The minimum absolute atomic E-state index is 0.695. The van der Waals surface area contributed by atoms with Crippen molar-refractivity contribution < 1.29 is 0 Å². The number of aryl methyl sites for hydroxylation is 1. The Balaban J connectivity index is 1.76. The van der Waals surface area contributed by atoms with E-state index in [0.29, 0.717) is 6.04 Å². The number of nitrogens with zero attached hydrogens (tertiary/aromatic N) is 2. The van der Waals surface area contributed by atoms with Gasteiger partial charge in [-0.1, -0.05) is 6.92 Å². The molecule has 1 unspecified atom stereocenters. The Morgan fingerprint density at radius 2 is 2.50 bits per heavy atom. The summed E-state index contributed by atoms with van der Waals surface area (Å²) in [5.41, 5.74) is 1.15. The first-order valence-electron chi connectivity index (χ1n) is 6.14. The molecule has 2 heterocycles. The number of rotatable bonds is 5. The highest BCUT2D eigenvalue weighted by Crippen LogP contribution is 2.16. The van der Waals surface area contributed by atoms with E-state index in [0.717, 1.165) is 18.8 Å². The molecule has 0 amide bonds. The molecule has 1 N–H and O–H groups in total. The Morgan fingerprint density at radius 1 is 1.62 bits per heavy atom. The number of aromatic nitrogens is 1. The SMILES string of the molecule is CCCNC1CCN(Cc2nc(C)cs2)C1. The normalized spacial score (nSPS) is 21.8. The molecule has 1 aromatic rings. The molecule has 0 radical (unpaired) electrons. The summed E-state index contributed by atoms with van der Waals surface area (Å²) in [6.45, 7) is 8.85. The first kappa shape index (κ1) is 12.0. The predicted octanol–water partition coefficient (Wildman–Crippen LogP) is 2.03. The average Bonchev–Trinajstić information content (AvgIpc) is 2.86. The second kappa shape index (κ2) is 5.75. The van der Waals surface area contributed by atoms with Gasteiger partial charge in [0.1, 0.15) is 5.01 Å². The third-order valence-electron chi connectivity index (χ3n) is 2.98. The van der Waals surface area contributed by atoms with Crippen molar-refractivity contribution in [3.63, 3.8) is 0 Å². The molecule has 1 aliphatic rings. The van der Waals surface area contributed by atoms with Crippen molar-refractivity contribution in [3.05, 3.63) is 16.1 Å². The molecule has 4 heteroatoms. The highest BCUT2D eigenvalue weighted by molar-refractivity contribution is 7.09. The molecule has 0 saturated carbocycles. The Labute approximate surface area is 102 Å². The van der Waals surface area contributed by atoms with Gasteiger partial charge in [0.2, 0.25) is 0 Å². The molecule has 0 aromatic carbocycles. The fourth-order valence-corrected chi connectivity index (χ4v) is 2.97. The number of hydrogen-bond donors (Lipinski definition) is 1. The van der Waals surface area contributed by atoms with Gasteiger partial charge in [0.05, 0.1) is 6.54 Å². The molecular weight excluding hydrogens is 218 g/mol. The minimum Gasteiger partial charge on any atom is -0.313 e. The maximum atomic E-state index is 4.52. The number of thiazole rings is 1. The zero-order chi connectivity index (χ0) is 11.4. The van der Waals surface area contributed by atoms with Crippen molar-refractivity contribution in [2.75, 3.05) is 19.6 Å². The first-order valence-corrected chi connectivity index (χ1v) is 7.02. The van der Waals surface area contributed by atoms with Crippen LogP contribution in [0.5, 0.6) is 0 Å². The van der Waals surface area contributed by atoms with Gasteiger partial charge in [-0.05, 0) is 26.3 Å². The molecule has 0 spiro atoms. The molecule has 2 rings (SSSR count). The van der Waals surface area contributed by atoms with Gasteiger partial charge >= 0.3 is 0 Å². The van der Waals surface area contributed by atoms with Gasteiger partial charge in [-0.25, -0.2) is 4.98 Å². The molecule has 0 bridgehead atoms. The summed E-state index contributed by atoms with van der Waals surface area (Å²) in [7, 11) is 0. The van der Waals surface area contributed by atoms with Gasteiger partial charge in [-0.2, -0.15) is 0 Å². The summed E-state index contributed by atoms with van der Waals surface area (Å²) in [4.78, 5) is 7.02. The Morgan fingerprint density at radius 3 is 3.19 bits per heavy atom. The fourth-order valence-electron chi connectivity index (χ4n) is 2.16. The maximum absolute atomic E-state index is 4.52. The van der Waals surface area contributed by atoms with Crippen LogP contribution in [-0.2, 0) is 6.54 Å². The van der Waals surface area contributed by atoms with Gasteiger partial charge in [0, 0.05) is 30.2 Å². The van der Waals surface area contributed by atoms with Gasteiger partial charge in [0.25, 0.3) is 0 Å². The van der Waals surface area contributed by atoms with Crippen molar-refractivity contribution in [2.45, 2.75) is 39.3 Å². The minimum atomic E-state index is 0.695. The lowest BCUT2D eigenvalue weighted by atomic mass is 10.2.